The zero-order chi connectivity index (χ0) is 21.6. The summed E-state index contributed by atoms with van der Waals surface area (Å²) >= 11 is 0. The molecule has 1 heterocycles. The fourth-order valence-corrected chi connectivity index (χ4v) is 4.05. The van der Waals surface area contributed by atoms with Gasteiger partial charge in [-0.15, -0.1) is 0 Å². The average Bonchev–Trinajstić information content (AvgIpc) is 2.72. The molecule has 6 nitrogen and oxygen atoms in total. The zero-order valence-electron chi connectivity index (χ0n) is 16.6. The summed E-state index contributed by atoms with van der Waals surface area (Å²) in [5, 5.41) is 20.7. The molecule has 1 atom stereocenters. The molecule has 30 heavy (non-hydrogen) atoms. The van der Waals surface area contributed by atoms with Gasteiger partial charge in [-0.25, -0.2) is 4.79 Å². The van der Waals surface area contributed by atoms with Gasteiger partial charge < -0.3 is 14.8 Å². The van der Waals surface area contributed by atoms with E-state index in [-0.39, 0.29) is 23.3 Å². The van der Waals surface area contributed by atoms with Crippen LogP contribution in [0.1, 0.15) is 42.2 Å². The Bertz CT molecular complexity index is 1270. The summed E-state index contributed by atoms with van der Waals surface area (Å²) in [6.45, 7) is 3.78. The number of aromatic nitrogens is 1. The molecule has 1 aliphatic rings. The number of aliphatic hydroxyl groups excluding tert-OH is 1. The third kappa shape index (κ3) is 3.10. The number of allylic oxidation sites excluding steroid dienone is 1. The Hall–Kier alpha value is -3.67. The number of nitrogens with zero attached hydrogens (tertiary/aromatic N) is 1. The van der Waals surface area contributed by atoms with Crippen LogP contribution in [0.3, 0.4) is 0 Å². The van der Waals surface area contributed by atoms with Crippen LogP contribution in [0.5, 0.6) is 0 Å². The van der Waals surface area contributed by atoms with Crippen LogP contribution in [0, 0.1) is 5.92 Å². The van der Waals surface area contributed by atoms with E-state index in [9.17, 15) is 24.6 Å². The number of benzene rings is 2. The zero-order valence-corrected chi connectivity index (χ0v) is 16.6. The summed E-state index contributed by atoms with van der Waals surface area (Å²) in [6, 6.07) is 11.5. The number of hydrogen-bond acceptors (Lipinski definition) is 4. The van der Waals surface area contributed by atoms with Crippen LogP contribution in [0.2, 0.25) is 0 Å². The Kier molecular flexibility index (Phi) is 4.78. The van der Waals surface area contributed by atoms with E-state index in [1.54, 1.807) is 12.1 Å². The minimum atomic E-state index is -1.10. The first kappa shape index (κ1) is 19.6. The number of hydrogen-bond donors (Lipinski definition) is 2. The molecule has 0 bridgehead atoms. The number of aliphatic carboxylic acids is 1. The maximum absolute atomic E-state index is 13.2. The molecule has 1 unspecified atom stereocenters. The summed E-state index contributed by atoms with van der Waals surface area (Å²) in [6.07, 6.45) is 3.02. The van der Waals surface area contributed by atoms with Gasteiger partial charge in [-0.05, 0) is 35.6 Å². The molecule has 0 saturated carbocycles. The largest absolute Gasteiger partial charge is 0.504 e. The topological polar surface area (TPSA) is 96.6 Å². The van der Waals surface area contributed by atoms with Gasteiger partial charge in [-0.2, -0.15) is 0 Å². The van der Waals surface area contributed by atoms with E-state index < -0.39 is 29.1 Å². The second-order valence-corrected chi connectivity index (χ2v) is 7.92. The molecule has 0 spiro atoms. The number of pyridine rings is 1. The van der Waals surface area contributed by atoms with Gasteiger partial charge in [0.15, 0.2) is 5.76 Å². The second-order valence-electron chi connectivity index (χ2n) is 7.92. The van der Waals surface area contributed by atoms with Gasteiger partial charge >= 0.3 is 5.97 Å². The predicted octanol–water partition coefficient (Wildman–Crippen LogP) is 4.44. The maximum Gasteiger partial charge on any atom is 0.326 e. The van der Waals surface area contributed by atoms with Crippen molar-refractivity contribution in [2.75, 3.05) is 0 Å². The Morgan fingerprint density at radius 3 is 2.40 bits per heavy atom. The molecule has 0 aliphatic heterocycles. The first-order chi connectivity index (χ1) is 14.3. The molecule has 3 aromatic rings. The summed E-state index contributed by atoms with van der Waals surface area (Å²) in [5.41, 5.74) is 1.64. The lowest BCUT2D eigenvalue weighted by atomic mass is 9.86. The van der Waals surface area contributed by atoms with Crippen molar-refractivity contribution in [3.63, 3.8) is 0 Å². The van der Waals surface area contributed by atoms with Crippen LogP contribution in [-0.2, 0) is 4.79 Å². The minimum Gasteiger partial charge on any atom is -0.504 e. The van der Waals surface area contributed by atoms with Crippen molar-refractivity contribution in [2.24, 2.45) is 5.92 Å². The Morgan fingerprint density at radius 1 is 1.07 bits per heavy atom. The second kappa shape index (κ2) is 7.30. The summed E-state index contributed by atoms with van der Waals surface area (Å²) in [4.78, 5) is 38.0. The number of rotatable bonds is 5. The number of carboxylic acids is 1. The van der Waals surface area contributed by atoms with E-state index in [1.165, 1.54) is 16.8 Å². The van der Waals surface area contributed by atoms with E-state index in [2.05, 4.69) is 0 Å². The molecule has 152 valence electrons. The lowest BCUT2D eigenvalue weighted by Gasteiger charge is -2.22. The lowest BCUT2D eigenvalue weighted by Crippen LogP contribution is -2.31. The highest BCUT2D eigenvalue weighted by molar-refractivity contribution is 6.24. The van der Waals surface area contributed by atoms with Gasteiger partial charge in [0.1, 0.15) is 6.04 Å². The van der Waals surface area contributed by atoms with Crippen LogP contribution in [0.4, 0.5) is 0 Å². The molecule has 0 saturated heterocycles. The van der Waals surface area contributed by atoms with Crippen LogP contribution in [0.15, 0.2) is 59.2 Å². The van der Waals surface area contributed by atoms with Gasteiger partial charge in [-0.3, -0.25) is 9.59 Å². The van der Waals surface area contributed by atoms with Gasteiger partial charge in [0.2, 0.25) is 5.78 Å². The smallest absolute Gasteiger partial charge is 0.326 e. The highest BCUT2D eigenvalue weighted by Crippen LogP contribution is 2.36. The third-order valence-electron chi connectivity index (χ3n) is 5.39. The highest BCUT2D eigenvalue weighted by Gasteiger charge is 2.29. The molecule has 0 radical (unpaired) electrons. The molecular formula is C24H21NO5. The fourth-order valence-electron chi connectivity index (χ4n) is 4.05. The van der Waals surface area contributed by atoms with Crippen LogP contribution in [-0.4, -0.2) is 26.5 Å². The quantitative estimate of drug-likeness (QED) is 0.657. The average molecular weight is 403 g/mol. The van der Waals surface area contributed by atoms with Crippen molar-refractivity contribution in [1.29, 1.82) is 0 Å². The standard InChI is InChI=1S/C24H21NO5/c1-13(2)10-18(24(29)30)25-12-15-11-19(26)22(27)21-16(14-6-4-3-5-7-14)8-9-17(20(15)21)23(25)28/h3-9,11-13,18,26H,10H2,1-2H3,(H,29,30). The predicted molar refractivity (Wildman–Crippen MR) is 115 cm³/mol. The molecule has 0 fully saturated rings. The van der Waals surface area contributed by atoms with E-state index in [0.29, 0.717) is 16.5 Å². The Labute approximate surface area is 172 Å². The normalized spacial score (nSPS) is 14.1. The van der Waals surface area contributed by atoms with Crippen molar-refractivity contribution in [1.82, 2.24) is 4.57 Å². The molecule has 0 amide bonds. The van der Waals surface area contributed by atoms with Gasteiger partial charge in [0.25, 0.3) is 5.56 Å². The summed E-state index contributed by atoms with van der Waals surface area (Å²) < 4.78 is 1.20. The molecule has 2 aromatic carbocycles. The van der Waals surface area contributed by atoms with Crippen molar-refractivity contribution in [3.8, 4) is 11.1 Å². The SMILES string of the molecule is CC(C)CC(C(=O)O)n1cc2c3c(c(-c4ccccc4)ccc3c1=O)C(=O)C(O)=C2. The van der Waals surface area contributed by atoms with Crippen molar-refractivity contribution in [3.05, 3.63) is 75.9 Å². The Balaban J connectivity index is 2.06. The first-order valence-corrected chi connectivity index (χ1v) is 9.75. The van der Waals surface area contributed by atoms with E-state index in [4.69, 9.17) is 0 Å². The first-order valence-electron chi connectivity index (χ1n) is 9.75. The fraction of sp³-hybridized carbons (Fsp3) is 0.208. The van der Waals surface area contributed by atoms with Crippen LogP contribution in [0.25, 0.3) is 28.0 Å². The number of aliphatic hydroxyl groups is 1. The maximum atomic E-state index is 13.2. The minimum absolute atomic E-state index is 0.0617. The molecule has 1 aliphatic carbocycles. The molecular weight excluding hydrogens is 382 g/mol. The molecule has 1 aromatic heterocycles. The third-order valence-corrected chi connectivity index (χ3v) is 5.39. The van der Waals surface area contributed by atoms with Crippen molar-refractivity contribution >= 4 is 28.6 Å². The van der Waals surface area contributed by atoms with Gasteiger partial charge in [0.05, 0.1) is 0 Å². The van der Waals surface area contributed by atoms with Crippen LogP contribution >= 0.6 is 0 Å². The van der Waals surface area contributed by atoms with E-state index >= 15 is 0 Å². The van der Waals surface area contributed by atoms with Crippen molar-refractivity contribution in [2.45, 2.75) is 26.3 Å². The number of carboxylic acid groups (broad SMARTS) is 1. The van der Waals surface area contributed by atoms with E-state index in [1.807, 2.05) is 44.2 Å². The van der Waals surface area contributed by atoms with Crippen molar-refractivity contribution < 1.29 is 19.8 Å². The summed E-state index contributed by atoms with van der Waals surface area (Å²) in [5.74, 6) is -2.03. The number of carbonyl (C=O) groups is 2. The number of carbonyl (C=O) groups excluding carboxylic acids is 1. The van der Waals surface area contributed by atoms with Crippen LogP contribution < -0.4 is 5.56 Å². The van der Waals surface area contributed by atoms with Gasteiger partial charge in [-0.1, -0.05) is 50.2 Å². The summed E-state index contributed by atoms with van der Waals surface area (Å²) in [7, 11) is 0. The lowest BCUT2D eigenvalue weighted by molar-refractivity contribution is -0.141. The van der Waals surface area contributed by atoms with E-state index in [0.717, 1.165) is 5.56 Å². The molecule has 6 heteroatoms. The number of Topliss-reactive ketones (excluding diaryl/α,β-unsaturated/α-hetero) is 1. The molecule has 2 N–H and O–H groups in total. The molecule has 4 rings (SSSR count). The van der Waals surface area contributed by atoms with Gasteiger partial charge in [0, 0.05) is 28.1 Å². The number of ketones is 1. The highest BCUT2D eigenvalue weighted by atomic mass is 16.4. The monoisotopic (exact) mass is 403 g/mol. The Morgan fingerprint density at radius 2 is 1.77 bits per heavy atom.